The van der Waals surface area contributed by atoms with Gasteiger partial charge < -0.3 is 24.1 Å². The lowest BCUT2D eigenvalue weighted by Gasteiger charge is -2.50. The molecule has 1 aromatic rings. The molecule has 3 rings (SSSR count). The van der Waals surface area contributed by atoms with Crippen LogP contribution in [0.15, 0.2) is 21.8 Å². The standard InChI is InChI=1S/C23H30BClN4O8S2/c1-10-12(8-25)16(20(32)36-24)29-18(31)15(19(29)39(10)34)27-17(30)14(13-9-38-11(2)26-13)28-37-23(6,7)21(33)35-22(3,4)5/h9-10,15,19H,8,24H2,1-7H3,(H,27,30)/b28-14-/t10-,15-,19-,39?/m1/s1. The minimum absolute atomic E-state index is 0.0773. The fourth-order valence-electron chi connectivity index (χ4n) is 3.75. The van der Waals surface area contributed by atoms with Crippen molar-refractivity contribution in [2.75, 3.05) is 5.88 Å². The molecule has 0 aromatic carbocycles. The van der Waals surface area contributed by atoms with Gasteiger partial charge >= 0.3 is 20.0 Å². The average Bonchev–Trinajstić information content (AvgIpc) is 3.27. The van der Waals surface area contributed by atoms with E-state index in [0.29, 0.717) is 10.6 Å². The van der Waals surface area contributed by atoms with Crippen LogP contribution >= 0.6 is 22.9 Å². The largest absolute Gasteiger partial charge is 0.614 e. The van der Waals surface area contributed by atoms with Gasteiger partial charge in [-0.05, 0) is 59.6 Å². The predicted molar refractivity (Wildman–Crippen MR) is 147 cm³/mol. The number of rotatable bonds is 8. The van der Waals surface area contributed by atoms with Crippen molar-refractivity contribution in [3.05, 3.63) is 27.4 Å². The molecule has 1 N–H and O–H groups in total. The molecule has 3 heterocycles. The third-order valence-corrected chi connectivity index (χ3v) is 8.81. The number of amides is 2. The second-order valence-corrected chi connectivity index (χ2v) is 13.5. The van der Waals surface area contributed by atoms with Crippen molar-refractivity contribution in [2.24, 2.45) is 5.16 Å². The van der Waals surface area contributed by atoms with Crippen LogP contribution in [0.5, 0.6) is 0 Å². The van der Waals surface area contributed by atoms with Crippen LogP contribution in [0, 0.1) is 6.92 Å². The fourth-order valence-corrected chi connectivity index (χ4v) is 6.56. The highest BCUT2D eigenvalue weighted by Gasteiger charge is 2.63. The lowest BCUT2D eigenvalue weighted by atomic mass is 10.0. The SMILES string of the molecule is BOC(=O)C1=C(CCl)[C@@H](C)[S+]([O-])[C@@H]2[C@H](NC(=O)/C(=N\OC(C)(C)C(=O)OC(C)(C)C)c3csc(C)n3)C(=O)N12. The smallest absolute Gasteiger partial charge is 0.353 e. The molecule has 39 heavy (non-hydrogen) atoms. The van der Waals surface area contributed by atoms with Crippen LogP contribution in [0.2, 0.25) is 0 Å². The molecule has 0 saturated carbocycles. The van der Waals surface area contributed by atoms with Crippen LogP contribution in [0.1, 0.15) is 52.2 Å². The zero-order valence-corrected chi connectivity index (χ0v) is 25.2. The summed E-state index contributed by atoms with van der Waals surface area (Å²) in [5.41, 5.74) is -2.26. The molecule has 2 aliphatic rings. The number of nitrogens with one attached hydrogen (secondary N) is 1. The predicted octanol–water partition coefficient (Wildman–Crippen LogP) is 0.681. The Bertz CT molecular complexity index is 1240. The third kappa shape index (κ3) is 6.26. The minimum atomic E-state index is -1.70. The van der Waals surface area contributed by atoms with E-state index in [1.54, 1.807) is 40.0 Å². The maximum atomic E-state index is 13.4. The van der Waals surface area contributed by atoms with Crippen molar-refractivity contribution >= 4 is 71.6 Å². The number of esters is 1. The zero-order valence-electron chi connectivity index (χ0n) is 22.8. The number of alkyl halides is 1. The summed E-state index contributed by atoms with van der Waals surface area (Å²) < 4.78 is 23.4. The van der Waals surface area contributed by atoms with E-state index in [4.69, 9.17) is 25.8 Å². The summed E-state index contributed by atoms with van der Waals surface area (Å²) >= 11 is 5.56. The van der Waals surface area contributed by atoms with E-state index in [1.165, 1.54) is 25.2 Å². The summed E-state index contributed by atoms with van der Waals surface area (Å²) in [6, 6.07) is -1.24. The topological polar surface area (TPSA) is 160 Å². The van der Waals surface area contributed by atoms with E-state index in [2.05, 4.69) is 15.5 Å². The molecule has 16 heteroatoms. The van der Waals surface area contributed by atoms with Gasteiger partial charge in [0.15, 0.2) is 11.8 Å². The maximum Gasteiger partial charge on any atom is 0.353 e. The first-order valence-corrected chi connectivity index (χ1v) is 14.6. The molecule has 12 nitrogen and oxygen atoms in total. The van der Waals surface area contributed by atoms with Gasteiger partial charge in [-0.1, -0.05) is 5.16 Å². The summed E-state index contributed by atoms with van der Waals surface area (Å²) in [6.07, 6.45) is 0. The number of β-lactam (4-membered cyclic amide) rings is 1. The molecule has 2 amide bonds. The molecule has 1 aromatic heterocycles. The zero-order chi connectivity index (χ0) is 29.4. The second-order valence-electron chi connectivity index (χ2n) is 10.3. The van der Waals surface area contributed by atoms with Crippen LogP contribution in [-0.4, -0.2) is 85.7 Å². The van der Waals surface area contributed by atoms with E-state index < -0.39 is 62.8 Å². The van der Waals surface area contributed by atoms with Crippen LogP contribution in [0.25, 0.3) is 0 Å². The molecule has 1 unspecified atom stereocenters. The van der Waals surface area contributed by atoms with Crippen molar-refractivity contribution in [1.82, 2.24) is 15.2 Å². The molecule has 1 fully saturated rings. The maximum absolute atomic E-state index is 13.4. The van der Waals surface area contributed by atoms with Gasteiger partial charge in [0, 0.05) is 11.0 Å². The van der Waals surface area contributed by atoms with Gasteiger partial charge in [0.25, 0.3) is 11.8 Å². The highest BCUT2D eigenvalue weighted by atomic mass is 35.5. The number of carbonyl (C=O) groups excluding carboxylic acids is 4. The Morgan fingerprint density at radius 1 is 1.31 bits per heavy atom. The molecule has 0 bridgehead atoms. The number of halogens is 1. The quantitative estimate of drug-likeness (QED) is 0.0861. The number of fused-ring (bicyclic) bond motifs is 1. The molecule has 2 aliphatic heterocycles. The number of oxime groups is 1. The van der Waals surface area contributed by atoms with Crippen molar-refractivity contribution in [3.63, 3.8) is 0 Å². The Labute approximate surface area is 239 Å². The monoisotopic (exact) mass is 600 g/mol. The molecule has 0 spiro atoms. The number of carbonyl (C=O) groups is 4. The number of ether oxygens (including phenoxy) is 1. The number of hydrogen-bond acceptors (Lipinski definition) is 11. The normalized spacial score (nSPS) is 23.6. The van der Waals surface area contributed by atoms with Gasteiger partial charge in [-0.25, -0.2) is 14.6 Å². The number of aromatic nitrogens is 1. The van der Waals surface area contributed by atoms with Crippen LogP contribution in [0.3, 0.4) is 0 Å². The van der Waals surface area contributed by atoms with Crippen molar-refractivity contribution in [3.8, 4) is 0 Å². The Morgan fingerprint density at radius 3 is 2.46 bits per heavy atom. The summed E-state index contributed by atoms with van der Waals surface area (Å²) in [5.74, 6) is -3.15. The van der Waals surface area contributed by atoms with E-state index >= 15 is 0 Å². The van der Waals surface area contributed by atoms with Gasteiger partial charge in [0.2, 0.25) is 11.0 Å². The number of hydrogen-bond donors (Lipinski definition) is 1. The molecule has 0 radical (unpaired) electrons. The third-order valence-electron chi connectivity index (χ3n) is 5.81. The lowest BCUT2D eigenvalue weighted by Crippen LogP contribution is -2.76. The number of aryl methyl sites for hydroxylation is 1. The Hall–Kier alpha value is -2.62. The van der Waals surface area contributed by atoms with Gasteiger partial charge in [0.1, 0.15) is 22.2 Å². The van der Waals surface area contributed by atoms with Crippen molar-refractivity contribution in [2.45, 2.75) is 76.3 Å². The van der Waals surface area contributed by atoms with E-state index in [9.17, 15) is 23.7 Å². The molecule has 0 aliphatic carbocycles. The van der Waals surface area contributed by atoms with Crippen LogP contribution in [-0.2, 0) is 44.6 Å². The molecular weight excluding hydrogens is 571 g/mol. The summed E-state index contributed by atoms with van der Waals surface area (Å²) in [5, 5.41) is 6.97. The Morgan fingerprint density at radius 2 is 1.95 bits per heavy atom. The highest BCUT2D eigenvalue weighted by Crippen LogP contribution is 2.40. The summed E-state index contributed by atoms with van der Waals surface area (Å²) in [4.78, 5) is 62.4. The second kappa shape index (κ2) is 11.5. The Kier molecular flexibility index (Phi) is 9.10. The van der Waals surface area contributed by atoms with Gasteiger partial charge in [-0.3, -0.25) is 14.5 Å². The fraction of sp³-hybridized carbons (Fsp3) is 0.565. The lowest BCUT2D eigenvalue weighted by molar-refractivity contribution is -0.179. The van der Waals surface area contributed by atoms with Gasteiger partial charge in [-0.2, -0.15) is 0 Å². The van der Waals surface area contributed by atoms with E-state index in [1.807, 2.05) is 0 Å². The average molecular weight is 601 g/mol. The molecule has 4 atom stereocenters. The minimum Gasteiger partial charge on any atom is -0.614 e. The first-order valence-electron chi connectivity index (χ1n) is 11.9. The first kappa shape index (κ1) is 30.9. The van der Waals surface area contributed by atoms with Crippen LogP contribution in [0.4, 0.5) is 0 Å². The van der Waals surface area contributed by atoms with Gasteiger partial charge in [0.05, 0.1) is 10.9 Å². The van der Waals surface area contributed by atoms with Crippen LogP contribution < -0.4 is 5.32 Å². The molecular formula is C23H30BClN4O8S2. The van der Waals surface area contributed by atoms with E-state index in [0.717, 1.165) is 12.9 Å². The number of thiazole rings is 1. The molecule has 1 saturated heterocycles. The summed E-state index contributed by atoms with van der Waals surface area (Å²) in [6.45, 7) is 11.3. The molecule has 212 valence electrons. The van der Waals surface area contributed by atoms with Crippen molar-refractivity contribution < 1.29 is 38.0 Å². The Balaban J connectivity index is 1.90. The highest BCUT2D eigenvalue weighted by molar-refractivity contribution is 7.93. The van der Waals surface area contributed by atoms with E-state index in [-0.39, 0.29) is 23.0 Å². The van der Waals surface area contributed by atoms with Crippen molar-refractivity contribution in [1.29, 1.82) is 0 Å². The first-order chi connectivity index (χ1) is 18.0. The summed E-state index contributed by atoms with van der Waals surface area (Å²) in [7, 11) is 1.16. The van der Waals surface area contributed by atoms with Gasteiger partial charge in [-0.15, -0.1) is 22.9 Å². The number of nitrogens with zero attached hydrogens (tertiary/aromatic N) is 3.